The van der Waals surface area contributed by atoms with Gasteiger partial charge in [0.1, 0.15) is 79.0 Å². The van der Waals surface area contributed by atoms with Gasteiger partial charge in [-0.1, -0.05) is 24.3 Å². The summed E-state index contributed by atoms with van der Waals surface area (Å²) in [6, 6.07) is 0. The number of hydrogen-bond donors (Lipinski definition) is 4. The summed E-state index contributed by atoms with van der Waals surface area (Å²) < 4.78 is 5.05. The number of rotatable bonds is 26. The van der Waals surface area contributed by atoms with E-state index in [1.54, 1.807) is 6.08 Å². The predicted molar refractivity (Wildman–Crippen MR) is 159 cm³/mol. The van der Waals surface area contributed by atoms with Gasteiger partial charge in [-0.25, -0.2) is 39.0 Å². The van der Waals surface area contributed by atoms with Crippen LogP contribution in [0.5, 0.6) is 0 Å². The van der Waals surface area contributed by atoms with Crippen LogP contribution in [0.1, 0.15) is 6.92 Å². The Kier molecular flexibility index (Phi) is 39.2. The summed E-state index contributed by atoms with van der Waals surface area (Å²) in [5.74, 6) is -3.10. The smallest absolute Gasteiger partial charge is 0.330 e. The SMILES string of the molecule is C/C=C/COOCC[NH+](CCOOC/C=C/C(=O)[O-])CCOC(=O)/C=C/COO.C[NH+](C)C.C[NH+](C)CCOOC/C=C/C(=O)[O-]. The Morgan fingerprint density at radius 2 is 1.02 bits per heavy atom. The van der Waals surface area contributed by atoms with Crippen LogP contribution >= 0.6 is 0 Å². The number of carboxylic acids is 2. The molecule has 0 aliphatic heterocycles. The fourth-order valence-corrected chi connectivity index (χ4v) is 2.35. The van der Waals surface area contributed by atoms with Crippen molar-refractivity contribution in [3.05, 3.63) is 48.6 Å². The maximum absolute atomic E-state index is 11.5. The minimum Gasteiger partial charge on any atom is -0.545 e. The van der Waals surface area contributed by atoms with Crippen molar-refractivity contribution in [2.45, 2.75) is 6.92 Å². The Hall–Kier alpha value is -3.07. The van der Waals surface area contributed by atoms with Crippen LogP contribution in [0.3, 0.4) is 0 Å². The monoisotopic (exact) mass is 668 g/mol. The van der Waals surface area contributed by atoms with E-state index in [4.69, 9.17) is 34.4 Å². The third-order valence-electron chi connectivity index (χ3n) is 4.37. The molecule has 0 saturated heterocycles. The van der Waals surface area contributed by atoms with Crippen molar-refractivity contribution in [1.82, 2.24) is 0 Å². The number of carboxylic acid groups (broad SMARTS) is 2. The van der Waals surface area contributed by atoms with Crippen molar-refractivity contribution < 1.29 is 83.5 Å². The molecule has 0 amide bonds. The molecule has 4 N–H and O–H groups in total. The van der Waals surface area contributed by atoms with Crippen LogP contribution in [0.4, 0.5) is 0 Å². The first-order valence-corrected chi connectivity index (χ1v) is 14.5. The molecule has 0 radical (unpaired) electrons. The summed E-state index contributed by atoms with van der Waals surface area (Å²) in [5.41, 5.74) is 0. The predicted octanol–water partition coefficient (Wildman–Crippen LogP) is -5.62. The van der Waals surface area contributed by atoms with Gasteiger partial charge < -0.3 is 39.2 Å². The third kappa shape index (κ3) is 50.6. The fraction of sp³-hybridized carbons (Fsp3) is 0.621. The highest BCUT2D eigenvalue weighted by molar-refractivity contribution is 5.81. The highest BCUT2D eigenvalue weighted by Gasteiger charge is 2.10. The van der Waals surface area contributed by atoms with Crippen molar-refractivity contribution in [2.75, 3.05) is 114 Å². The molecular weight excluding hydrogens is 614 g/mol. The average Bonchev–Trinajstić information content (AvgIpc) is 2.97. The zero-order valence-electron chi connectivity index (χ0n) is 27.9. The van der Waals surface area contributed by atoms with Crippen LogP contribution < -0.4 is 24.9 Å². The number of likely N-dealkylation sites (N-methyl/N-ethyl adjacent to an activating group) is 1. The van der Waals surface area contributed by atoms with E-state index in [-0.39, 0.29) is 33.0 Å². The standard InChI is InChI=1S/C18H29NO10.C8H15NO4.C3H9N/c1-2-3-12-26-28-15-9-19(8-14-24-18(22)7-5-11-25-23)10-16-29-27-13-4-6-17(20)21;1-9(2)5-7-13-12-6-3-4-8(10)11;1-4(2)3/h2-7,23H,8-16H2,1H3,(H,20,21);3-4H,5-7H2,1-2H3,(H,10,11);1-3H3/p+1/b3-2+,6-4+,7-5+;4-3+;. The van der Waals surface area contributed by atoms with Gasteiger partial charge in [-0.15, -0.1) is 0 Å². The molecule has 0 aromatic heterocycles. The van der Waals surface area contributed by atoms with Crippen LogP contribution in [0, 0.1) is 0 Å². The lowest BCUT2D eigenvalue weighted by atomic mass is 10.4. The molecule has 0 aromatic carbocycles. The lowest BCUT2D eigenvalue weighted by Gasteiger charge is -2.18. The van der Waals surface area contributed by atoms with E-state index in [0.29, 0.717) is 39.5 Å². The molecule has 17 heteroatoms. The summed E-state index contributed by atoms with van der Waals surface area (Å²) >= 11 is 0. The minimum atomic E-state index is -1.31. The maximum atomic E-state index is 11.5. The van der Waals surface area contributed by atoms with E-state index in [1.807, 2.05) is 27.1 Å². The number of carbonyl (C=O) groups is 3. The van der Waals surface area contributed by atoms with E-state index < -0.39 is 17.9 Å². The number of nitrogens with one attached hydrogen (secondary N) is 3. The van der Waals surface area contributed by atoms with Crippen molar-refractivity contribution >= 4 is 17.9 Å². The molecule has 1 unspecified atom stereocenters. The second-order valence-electron chi connectivity index (χ2n) is 9.65. The van der Waals surface area contributed by atoms with E-state index in [2.05, 4.69) is 30.9 Å². The molecule has 0 bridgehead atoms. The Bertz CT molecular complexity index is 833. The number of quaternary nitrogens is 3. The number of carbonyl (C=O) groups excluding carboxylic acids is 3. The van der Waals surface area contributed by atoms with Gasteiger partial charge in [-0.05, 0) is 25.2 Å². The van der Waals surface area contributed by atoms with E-state index in [1.165, 1.54) is 28.0 Å². The van der Waals surface area contributed by atoms with Crippen molar-refractivity contribution in [1.29, 1.82) is 0 Å². The van der Waals surface area contributed by atoms with Crippen LogP contribution in [-0.4, -0.2) is 137 Å². The van der Waals surface area contributed by atoms with E-state index in [0.717, 1.165) is 29.7 Å². The Morgan fingerprint density at radius 3 is 1.43 bits per heavy atom. The largest absolute Gasteiger partial charge is 0.545 e. The third-order valence-corrected chi connectivity index (χ3v) is 4.37. The highest BCUT2D eigenvalue weighted by atomic mass is 17.2. The first-order chi connectivity index (χ1) is 22.0. The molecule has 1 atom stereocenters. The Morgan fingerprint density at radius 1 is 0.609 bits per heavy atom. The summed E-state index contributed by atoms with van der Waals surface area (Å²) in [4.78, 5) is 68.3. The first kappa shape index (κ1) is 47.3. The van der Waals surface area contributed by atoms with Crippen LogP contribution in [0.2, 0.25) is 0 Å². The fourth-order valence-electron chi connectivity index (χ4n) is 2.35. The van der Waals surface area contributed by atoms with Crippen LogP contribution in [0.25, 0.3) is 0 Å². The van der Waals surface area contributed by atoms with Gasteiger partial charge in [0.05, 0.1) is 47.2 Å². The second-order valence-corrected chi connectivity index (χ2v) is 9.65. The number of ether oxygens (including phenoxy) is 1. The molecule has 0 saturated carbocycles. The van der Waals surface area contributed by atoms with Crippen molar-refractivity contribution in [2.24, 2.45) is 0 Å². The summed E-state index contributed by atoms with van der Waals surface area (Å²) in [6.45, 7) is 5.84. The van der Waals surface area contributed by atoms with Gasteiger partial charge in [-0.3, -0.25) is 5.26 Å². The molecule has 17 nitrogen and oxygen atoms in total. The lowest BCUT2D eigenvalue weighted by Crippen LogP contribution is -3.13. The normalized spacial score (nSPS) is 12.1. The topological polar surface area (TPSA) is 205 Å². The molecule has 0 aliphatic carbocycles. The van der Waals surface area contributed by atoms with Crippen molar-refractivity contribution in [3.8, 4) is 0 Å². The van der Waals surface area contributed by atoms with Crippen molar-refractivity contribution in [3.63, 3.8) is 0 Å². The van der Waals surface area contributed by atoms with Gasteiger partial charge in [0.2, 0.25) is 0 Å². The second kappa shape index (κ2) is 38.1. The van der Waals surface area contributed by atoms with Gasteiger partial charge in [0, 0.05) is 6.08 Å². The Balaban J connectivity index is -0.000000895. The number of esters is 1. The number of aliphatic carboxylic acids is 2. The van der Waals surface area contributed by atoms with Gasteiger partial charge in [0.25, 0.3) is 0 Å². The number of hydrogen-bond acceptors (Lipinski definition) is 14. The first-order valence-electron chi connectivity index (χ1n) is 14.5. The molecule has 46 heavy (non-hydrogen) atoms. The molecule has 0 heterocycles. The van der Waals surface area contributed by atoms with Crippen LogP contribution in [-0.2, 0) is 53.3 Å². The Labute approximate surface area is 271 Å². The van der Waals surface area contributed by atoms with Gasteiger partial charge in [-0.2, -0.15) is 0 Å². The van der Waals surface area contributed by atoms with Gasteiger partial charge in [0.15, 0.2) is 0 Å². The maximum Gasteiger partial charge on any atom is 0.330 e. The summed E-state index contributed by atoms with van der Waals surface area (Å²) in [6.07, 6.45) is 10.5. The molecule has 0 aliphatic rings. The zero-order valence-corrected chi connectivity index (χ0v) is 27.9. The lowest BCUT2D eigenvalue weighted by molar-refractivity contribution is -0.903. The molecule has 0 rings (SSSR count). The molecule has 0 fully saturated rings. The quantitative estimate of drug-likeness (QED) is 0.0170. The average molecular weight is 669 g/mol. The van der Waals surface area contributed by atoms with E-state index >= 15 is 0 Å². The molecular formula is C29H54N3O14+. The minimum absolute atomic E-state index is 0.0211. The molecule has 0 aromatic rings. The van der Waals surface area contributed by atoms with Gasteiger partial charge >= 0.3 is 5.97 Å². The number of allylic oxidation sites excluding steroid dienone is 1. The zero-order chi connectivity index (χ0) is 35.3. The van der Waals surface area contributed by atoms with E-state index in [9.17, 15) is 24.6 Å². The summed E-state index contributed by atoms with van der Waals surface area (Å²) in [7, 11) is 10.2. The van der Waals surface area contributed by atoms with Crippen LogP contribution in [0.15, 0.2) is 48.6 Å². The molecule has 268 valence electrons. The highest BCUT2D eigenvalue weighted by Crippen LogP contribution is 1.83. The summed E-state index contributed by atoms with van der Waals surface area (Å²) in [5, 5.41) is 28.2. The molecule has 0 spiro atoms.